The summed E-state index contributed by atoms with van der Waals surface area (Å²) in [5.41, 5.74) is 5.89. The molecule has 0 aromatic carbocycles. The molecule has 1 heterocycles. The molecule has 1 rings (SSSR count). The zero-order valence-corrected chi connectivity index (χ0v) is 10.7. The molecular weight excluding hydrogens is 202 g/mol. The van der Waals surface area contributed by atoms with Crippen molar-refractivity contribution in [3.8, 4) is 0 Å². The van der Waals surface area contributed by atoms with Crippen molar-refractivity contribution in [3.05, 3.63) is 0 Å². The molecule has 0 amide bonds. The second kappa shape index (κ2) is 7.22. The molecule has 2 atom stereocenters. The fourth-order valence-corrected chi connectivity index (χ4v) is 2.13. The van der Waals surface area contributed by atoms with Gasteiger partial charge in [-0.3, -0.25) is 0 Å². The first-order valence-electron chi connectivity index (χ1n) is 6.48. The van der Waals surface area contributed by atoms with Gasteiger partial charge in [-0.2, -0.15) is 0 Å². The van der Waals surface area contributed by atoms with E-state index in [9.17, 15) is 5.11 Å². The summed E-state index contributed by atoms with van der Waals surface area (Å²) < 4.78 is 0. The monoisotopic (exact) mass is 229 g/mol. The van der Waals surface area contributed by atoms with Crippen LogP contribution in [0.3, 0.4) is 0 Å². The number of hydrogen-bond acceptors (Lipinski definition) is 4. The van der Waals surface area contributed by atoms with Gasteiger partial charge in [0.05, 0.1) is 6.10 Å². The molecule has 1 fully saturated rings. The second-order valence-electron chi connectivity index (χ2n) is 4.95. The van der Waals surface area contributed by atoms with Crippen LogP contribution in [-0.4, -0.2) is 66.8 Å². The Hall–Kier alpha value is -0.160. The fourth-order valence-electron chi connectivity index (χ4n) is 2.13. The van der Waals surface area contributed by atoms with Gasteiger partial charge in [0.2, 0.25) is 0 Å². The Labute approximate surface area is 99.4 Å². The number of aliphatic hydroxyl groups is 1. The average Bonchev–Trinajstić information content (AvgIpc) is 2.28. The van der Waals surface area contributed by atoms with Gasteiger partial charge < -0.3 is 20.6 Å². The van der Waals surface area contributed by atoms with E-state index in [1.165, 1.54) is 0 Å². The number of piperazine rings is 1. The van der Waals surface area contributed by atoms with Crippen LogP contribution in [0.1, 0.15) is 26.2 Å². The van der Waals surface area contributed by atoms with Crippen LogP contribution in [0.25, 0.3) is 0 Å². The van der Waals surface area contributed by atoms with Gasteiger partial charge in [-0.05, 0) is 19.9 Å². The standard InChI is InChI=1S/C12H27N3O/c1-3-4-11(13)12(16)5-6-15-9-7-14(2)8-10-15/h11-12,16H,3-10,13H2,1-2H3. The highest BCUT2D eigenvalue weighted by Gasteiger charge is 2.17. The van der Waals surface area contributed by atoms with Crippen molar-refractivity contribution in [3.63, 3.8) is 0 Å². The molecular formula is C12H27N3O. The van der Waals surface area contributed by atoms with Crippen LogP contribution in [-0.2, 0) is 0 Å². The number of nitrogens with two attached hydrogens (primary N) is 1. The van der Waals surface area contributed by atoms with Crippen molar-refractivity contribution in [2.45, 2.75) is 38.3 Å². The molecule has 16 heavy (non-hydrogen) atoms. The van der Waals surface area contributed by atoms with Crippen molar-refractivity contribution in [2.75, 3.05) is 39.8 Å². The first-order chi connectivity index (χ1) is 7.63. The van der Waals surface area contributed by atoms with Crippen LogP contribution >= 0.6 is 0 Å². The summed E-state index contributed by atoms with van der Waals surface area (Å²) in [6, 6.07) is -0.0440. The summed E-state index contributed by atoms with van der Waals surface area (Å²) >= 11 is 0. The van der Waals surface area contributed by atoms with Crippen molar-refractivity contribution in [1.82, 2.24) is 9.80 Å². The maximum Gasteiger partial charge on any atom is 0.0703 e. The lowest BCUT2D eigenvalue weighted by atomic mass is 10.0. The predicted octanol–water partition coefficient (Wildman–Crippen LogP) is 0.112. The third-order valence-corrected chi connectivity index (χ3v) is 3.45. The molecule has 96 valence electrons. The van der Waals surface area contributed by atoms with Gasteiger partial charge >= 0.3 is 0 Å². The van der Waals surface area contributed by atoms with E-state index in [0.29, 0.717) is 0 Å². The first-order valence-corrected chi connectivity index (χ1v) is 6.48. The Morgan fingerprint density at radius 1 is 1.19 bits per heavy atom. The maximum absolute atomic E-state index is 9.87. The number of rotatable bonds is 6. The number of nitrogens with zero attached hydrogens (tertiary/aromatic N) is 2. The van der Waals surface area contributed by atoms with Gasteiger partial charge in [-0.15, -0.1) is 0 Å². The second-order valence-corrected chi connectivity index (χ2v) is 4.95. The lowest BCUT2D eigenvalue weighted by Crippen LogP contribution is -2.46. The van der Waals surface area contributed by atoms with Crippen LogP contribution in [0.5, 0.6) is 0 Å². The van der Waals surface area contributed by atoms with Gasteiger partial charge in [0.25, 0.3) is 0 Å². The van der Waals surface area contributed by atoms with E-state index in [4.69, 9.17) is 5.73 Å². The Bertz CT molecular complexity index is 179. The van der Waals surface area contributed by atoms with E-state index >= 15 is 0 Å². The van der Waals surface area contributed by atoms with E-state index < -0.39 is 0 Å². The van der Waals surface area contributed by atoms with E-state index in [1.807, 2.05) is 0 Å². The highest BCUT2D eigenvalue weighted by atomic mass is 16.3. The summed E-state index contributed by atoms with van der Waals surface area (Å²) in [4.78, 5) is 4.76. The summed E-state index contributed by atoms with van der Waals surface area (Å²) in [6.45, 7) is 7.59. The van der Waals surface area contributed by atoms with Crippen molar-refractivity contribution in [1.29, 1.82) is 0 Å². The Morgan fingerprint density at radius 3 is 2.38 bits per heavy atom. The van der Waals surface area contributed by atoms with Crippen LogP contribution in [0.15, 0.2) is 0 Å². The molecule has 0 aromatic rings. The minimum Gasteiger partial charge on any atom is -0.391 e. The van der Waals surface area contributed by atoms with Gasteiger partial charge in [0.1, 0.15) is 0 Å². The zero-order valence-electron chi connectivity index (χ0n) is 10.7. The maximum atomic E-state index is 9.87. The van der Waals surface area contributed by atoms with E-state index in [1.54, 1.807) is 0 Å². The smallest absolute Gasteiger partial charge is 0.0703 e. The van der Waals surface area contributed by atoms with Crippen LogP contribution in [0.4, 0.5) is 0 Å². The van der Waals surface area contributed by atoms with Crippen molar-refractivity contribution >= 4 is 0 Å². The molecule has 2 unspecified atom stereocenters. The quantitative estimate of drug-likeness (QED) is 0.679. The van der Waals surface area contributed by atoms with Crippen molar-refractivity contribution in [2.24, 2.45) is 5.73 Å². The molecule has 1 aliphatic rings. The Morgan fingerprint density at radius 2 is 1.81 bits per heavy atom. The normalized spacial score (nSPS) is 23.2. The topological polar surface area (TPSA) is 52.7 Å². The van der Waals surface area contributed by atoms with E-state index in [-0.39, 0.29) is 12.1 Å². The number of likely N-dealkylation sites (N-methyl/N-ethyl adjacent to an activating group) is 1. The average molecular weight is 229 g/mol. The van der Waals surface area contributed by atoms with Gasteiger partial charge in [-0.25, -0.2) is 0 Å². The third kappa shape index (κ3) is 4.78. The van der Waals surface area contributed by atoms with Gasteiger partial charge in [0, 0.05) is 38.8 Å². The molecule has 0 bridgehead atoms. The molecule has 3 N–H and O–H groups in total. The minimum absolute atomic E-state index is 0.0440. The highest BCUT2D eigenvalue weighted by Crippen LogP contribution is 2.06. The summed E-state index contributed by atoms with van der Waals surface area (Å²) in [7, 11) is 2.16. The fraction of sp³-hybridized carbons (Fsp3) is 1.00. The largest absolute Gasteiger partial charge is 0.391 e. The molecule has 0 spiro atoms. The SMILES string of the molecule is CCCC(N)C(O)CCN1CCN(C)CC1. The minimum atomic E-state index is -0.334. The Kier molecular flexibility index (Phi) is 6.28. The van der Waals surface area contributed by atoms with E-state index in [0.717, 1.165) is 52.0 Å². The molecule has 0 aromatic heterocycles. The highest BCUT2D eigenvalue weighted by molar-refractivity contribution is 4.75. The predicted molar refractivity (Wildman–Crippen MR) is 67.4 cm³/mol. The zero-order chi connectivity index (χ0) is 12.0. The molecule has 1 saturated heterocycles. The third-order valence-electron chi connectivity index (χ3n) is 3.45. The number of aliphatic hydroxyl groups excluding tert-OH is 1. The Balaban J connectivity index is 2.13. The number of hydrogen-bond donors (Lipinski definition) is 2. The van der Waals surface area contributed by atoms with Gasteiger partial charge in [0.15, 0.2) is 0 Å². The molecule has 4 nitrogen and oxygen atoms in total. The molecule has 0 aliphatic carbocycles. The first kappa shape index (κ1) is 13.9. The summed E-state index contributed by atoms with van der Waals surface area (Å²) in [5, 5.41) is 9.87. The lowest BCUT2D eigenvalue weighted by molar-refractivity contribution is 0.0951. The summed E-state index contributed by atoms with van der Waals surface area (Å²) in [6.07, 6.45) is 2.45. The molecule has 1 aliphatic heterocycles. The van der Waals surface area contributed by atoms with Crippen molar-refractivity contribution < 1.29 is 5.11 Å². The van der Waals surface area contributed by atoms with Crippen LogP contribution in [0, 0.1) is 0 Å². The van der Waals surface area contributed by atoms with Crippen LogP contribution in [0.2, 0.25) is 0 Å². The lowest BCUT2D eigenvalue weighted by Gasteiger charge is -2.33. The van der Waals surface area contributed by atoms with Gasteiger partial charge in [-0.1, -0.05) is 13.3 Å². The van der Waals surface area contributed by atoms with Crippen LogP contribution < -0.4 is 5.73 Å². The molecule has 4 heteroatoms. The summed E-state index contributed by atoms with van der Waals surface area (Å²) in [5.74, 6) is 0. The molecule has 0 saturated carbocycles. The molecule has 0 radical (unpaired) electrons. The van der Waals surface area contributed by atoms with E-state index in [2.05, 4.69) is 23.8 Å².